The molecular formula is C20H21NO7. The Kier molecular flexibility index (Phi) is 5.88. The van der Waals surface area contributed by atoms with E-state index in [2.05, 4.69) is 5.32 Å². The van der Waals surface area contributed by atoms with Gasteiger partial charge in [0.05, 0.1) is 19.3 Å². The summed E-state index contributed by atoms with van der Waals surface area (Å²) in [4.78, 5) is 24.7. The number of fused-ring (bicyclic) bond motifs is 1. The van der Waals surface area contributed by atoms with Crippen LogP contribution in [0.15, 0.2) is 36.4 Å². The molecule has 1 aliphatic rings. The predicted molar refractivity (Wildman–Crippen MR) is 100 cm³/mol. The van der Waals surface area contributed by atoms with Crippen molar-refractivity contribution in [3.8, 4) is 23.0 Å². The minimum Gasteiger partial charge on any atom is -0.493 e. The number of ether oxygens (including phenoxy) is 5. The van der Waals surface area contributed by atoms with E-state index in [-0.39, 0.29) is 12.4 Å². The summed E-state index contributed by atoms with van der Waals surface area (Å²) in [5, 5.41) is 2.68. The van der Waals surface area contributed by atoms with E-state index in [4.69, 9.17) is 23.7 Å². The number of benzene rings is 2. The van der Waals surface area contributed by atoms with Gasteiger partial charge in [-0.3, -0.25) is 4.79 Å². The van der Waals surface area contributed by atoms with Crippen LogP contribution in [0.4, 0.5) is 5.69 Å². The second-order valence-corrected chi connectivity index (χ2v) is 5.90. The van der Waals surface area contributed by atoms with E-state index in [0.717, 1.165) is 0 Å². The Labute approximate surface area is 162 Å². The fourth-order valence-electron chi connectivity index (χ4n) is 2.57. The number of carbonyl (C=O) groups is 2. The molecule has 0 aromatic heterocycles. The lowest BCUT2D eigenvalue weighted by Gasteiger charge is -2.15. The third-order valence-corrected chi connectivity index (χ3v) is 3.99. The van der Waals surface area contributed by atoms with Crippen molar-refractivity contribution >= 4 is 17.6 Å². The molecule has 28 heavy (non-hydrogen) atoms. The maximum atomic E-state index is 12.4. The van der Waals surface area contributed by atoms with Crippen molar-refractivity contribution in [2.24, 2.45) is 0 Å². The Morgan fingerprint density at radius 1 is 1.11 bits per heavy atom. The van der Waals surface area contributed by atoms with Crippen LogP contribution in [0.1, 0.15) is 24.2 Å². The zero-order chi connectivity index (χ0) is 20.1. The van der Waals surface area contributed by atoms with E-state index in [1.165, 1.54) is 20.1 Å². The highest BCUT2D eigenvalue weighted by atomic mass is 16.7. The second kappa shape index (κ2) is 8.51. The van der Waals surface area contributed by atoms with Crippen LogP contribution in [0, 0.1) is 0 Å². The van der Waals surface area contributed by atoms with Gasteiger partial charge in [-0.15, -0.1) is 0 Å². The highest BCUT2D eigenvalue weighted by Gasteiger charge is 2.21. The summed E-state index contributed by atoms with van der Waals surface area (Å²) in [6.07, 6.45) is -1.00. The maximum Gasteiger partial charge on any atom is 0.339 e. The van der Waals surface area contributed by atoms with Gasteiger partial charge in [-0.25, -0.2) is 4.79 Å². The highest BCUT2D eigenvalue weighted by molar-refractivity contribution is 5.97. The van der Waals surface area contributed by atoms with Gasteiger partial charge in [-0.1, -0.05) is 0 Å². The largest absolute Gasteiger partial charge is 0.493 e. The monoisotopic (exact) mass is 387 g/mol. The molecule has 0 bridgehead atoms. The molecule has 1 heterocycles. The molecule has 1 amide bonds. The number of nitrogens with one attached hydrogen (secondary N) is 1. The molecule has 0 saturated carbocycles. The molecule has 1 N–H and O–H groups in total. The zero-order valence-electron chi connectivity index (χ0n) is 15.8. The Bertz CT molecular complexity index is 881. The van der Waals surface area contributed by atoms with E-state index in [9.17, 15) is 9.59 Å². The Morgan fingerprint density at radius 2 is 1.89 bits per heavy atom. The maximum absolute atomic E-state index is 12.4. The van der Waals surface area contributed by atoms with Crippen molar-refractivity contribution in [1.29, 1.82) is 0 Å². The van der Waals surface area contributed by atoms with Crippen LogP contribution in [0.25, 0.3) is 0 Å². The molecule has 1 aliphatic heterocycles. The van der Waals surface area contributed by atoms with Crippen LogP contribution < -0.4 is 24.3 Å². The molecule has 2 aromatic rings. The third kappa shape index (κ3) is 4.28. The number of esters is 1. The van der Waals surface area contributed by atoms with Crippen LogP contribution in [-0.2, 0) is 9.53 Å². The van der Waals surface area contributed by atoms with Crippen molar-refractivity contribution in [1.82, 2.24) is 0 Å². The molecular weight excluding hydrogens is 366 g/mol. The van der Waals surface area contributed by atoms with Gasteiger partial charge < -0.3 is 29.0 Å². The number of amides is 1. The summed E-state index contributed by atoms with van der Waals surface area (Å²) < 4.78 is 26.4. The first kappa shape index (κ1) is 19.3. The van der Waals surface area contributed by atoms with Crippen LogP contribution >= 0.6 is 0 Å². The molecule has 0 saturated heterocycles. The van der Waals surface area contributed by atoms with Crippen LogP contribution in [0.5, 0.6) is 23.0 Å². The third-order valence-electron chi connectivity index (χ3n) is 3.99. The average Bonchev–Trinajstić information content (AvgIpc) is 3.16. The van der Waals surface area contributed by atoms with Crippen LogP contribution in [0.3, 0.4) is 0 Å². The molecule has 0 aliphatic carbocycles. The van der Waals surface area contributed by atoms with Gasteiger partial charge in [0.15, 0.2) is 29.1 Å². The molecule has 8 heteroatoms. The topological polar surface area (TPSA) is 92.3 Å². The van der Waals surface area contributed by atoms with E-state index < -0.39 is 18.0 Å². The number of rotatable bonds is 7. The van der Waals surface area contributed by atoms with Crippen molar-refractivity contribution in [3.63, 3.8) is 0 Å². The fourth-order valence-corrected chi connectivity index (χ4v) is 2.57. The highest BCUT2D eigenvalue weighted by Crippen LogP contribution is 2.34. The fraction of sp³-hybridized carbons (Fsp3) is 0.300. The lowest BCUT2D eigenvalue weighted by molar-refractivity contribution is -0.123. The van der Waals surface area contributed by atoms with Gasteiger partial charge in [0, 0.05) is 11.8 Å². The molecule has 1 unspecified atom stereocenters. The average molecular weight is 387 g/mol. The van der Waals surface area contributed by atoms with Gasteiger partial charge in [-0.05, 0) is 44.2 Å². The Balaban J connectivity index is 1.63. The van der Waals surface area contributed by atoms with Gasteiger partial charge in [0.1, 0.15) is 0 Å². The summed E-state index contributed by atoms with van der Waals surface area (Å²) >= 11 is 0. The molecule has 0 spiro atoms. The molecule has 2 aromatic carbocycles. The van der Waals surface area contributed by atoms with Gasteiger partial charge in [-0.2, -0.15) is 0 Å². The zero-order valence-corrected chi connectivity index (χ0v) is 15.8. The minimum atomic E-state index is -1.00. The minimum absolute atomic E-state index is 0.145. The SMILES string of the molecule is CCOc1cc(C(=O)OC(C)C(=O)Nc2ccc3c(c2)OCO3)ccc1OC. The number of anilines is 1. The summed E-state index contributed by atoms with van der Waals surface area (Å²) in [6.45, 7) is 3.88. The van der Waals surface area contributed by atoms with Crippen molar-refractivity contribution < 1.29 is 33.3 Å². The normalized spacial score (nSPS) is 12.8. The Hall–Kier alpha value is -3.42. The number of hydrogen-bond acceptors (Lipinski definition) is 7. The smallest absolute Gasteiger partial charge is 0.339 e. The first-order chi connectivity index (χ1) is 13.5. The second-order valence-electron chi connectivity index (χ2n) is 5.90. The first-order valence-electron chi connectivity index (χ1n) is 8.74. The molecule has 1 atom stereocenters. The molecule has 0 radical (unpaired) electrons. The number of hydrogen-bond donors (Lipinski definition) is 1. The summed E-state index contributed by atoms with van der Waals surface area (Å²) in [5.41, 5.74) is 0.771. The van der Waals surface area contributed by atoms with Gasteiger partial charge >= 0.3 is 5.97 Å². The summed E-state index contributed by atoms with van der Waals surface area (Å²) in [7, 11) is 1.51. The van der Waals surface area contributed by atoms with Crippen molar-refractivity contribution in [2.75, 3.05) is 25.8 Å². The van der Waals surface area contributed by atoms with E-state index in [0.29, 0.717) is 35.3 Å². The van der Waals surface area contributed by atoms with Crippen molar-refractivity contribution in [3.05, 3.63) is 42.0 Å². The lowest BCUT2D eigenvalue weighted by Crippen LogP contribution is -2.30. The van der Waals surface area contributed by atoms with E-state index in [1.54, 1.807) is 30.3 Å². The Morgan fingerprint density at radius 3 is 2.64 bits per heavy atom. The first-order valence-corrected chi connectivity index (χ1v) is 8.74. The summed E-state index contributed by atoms with van der Waals surface area (Å²) in [5.74, 6) is 0.984. The summed E-state index contributed by atoms with van der Waals surface area (Å²) in [6, 6.07) is 9.70. The predicted octanol–water partition coefficient (Wildman–Crippen LogP) is 3.01. The number of carbonyl (C=O) groups excluding carboxylic acids is 2. The standard InChI is InChI=1S/C20H21NO7/c1-4-25-17-9-13(5-7-15(17)24-3)20(23)28-12(2)19(22)21-14-6-8-16-18(10-14)27-11-26-16/h5-10,12H,4,11H2,1-3H3,(H,21,22). The number of methoxy groups -OCH3 is 1. The van der Waals surface area contributed by atoms with Gasteiger partial charge in [0.25, 0.3) is 5.91 Å². The van der Waals surface area contributed by atoms with E-state index >= 15 is 0 Å². The molecule has 0 fully saturated rings. The van der Waals surface area contributed by atoms with Crippen LogP contribution in [0.2, 0.25) is 0 Å². The van der Waals surface area contributed by atoms with Gasteiger partial charge in [0.2, 0.25) is 6.79 Å². The molecule has 148 valence electrons. The quantitative estimate of drug-likeness (QED) is 0.730. The van der Waals surface area contributed by atoms with Crippen LogP contribution in [-0.4, -0.2) is 38.5 Å². The van der Waals surface area contributed by atoms with Crippen molar-refractivity contribution in [2.45, 2.75) is 20.0 Å². The molecule has 8 nitrogen and oxygen atoms in total. The van der Waals surface area contributed by atoms with E-state index in [1.807, 2.05) is 6.92 Å². The lowest BCUT2D eigenvalue weighted by atomic mass is 10.2. The molecule has 3 rings (SSSR count).